The molecule has 0 spiro atoms. The predicted octanol–water partition coefficient (Wildman–Crippen LogP) is 4.31. The lowest BCUT2D eigenvalue weighted by Crippen LogP contribution is -2.31. The minimum atomic E-state index is -0.297. The summed E-state index contributed by atoms with van der Waals surface area (Å²) in [6.45, 7) is 4.35. The third kappa shape index (κ3) is 4.20. The largest absolute Gasteiger partial charge is 0.322 e. The highest BCUT2D eigenvalue weighted by molar-refractivity contribution is 6.09. The van der Waals surface area contributed by atoms with Crippen LogP contribution in [0.1, 0.15) is 33.2 Å². The van der Waals surface area contributed by atoms with Gasteiger partial charge in [-0.3, -0.25) is 14.6 Å². The van der Waals surface area contributed by atoms with Crippen LogP contribution in [0.4, 0.5) is 11.4 Å². The molecule has 0 radical (unpaired) electrons. The van der Waals surface area contributed by atoms with Gasteiger partial charge < -0.3 is 10.2 Å². The number of aromatic nitrogens is 1. The molecule has 0 aliphatic rings. The van der Waals surface area contributed by atoms with Crippen LogP contribution in [0.25, 0.3) is 0 Å². The molecule has 136 valence electrons. The second-order valence-corrected chi connectivity index (χ2v) is 6.12. The van der Waals surface area contributed by atoms with Crippen molar-refractivity contribution >= 4 is 23.2 Å². The number of amides is 2. The summed E-state index contributed by atoms with van der Waals surface area (Å²) in [6.07, 6.45) is 2.95. The van der Waals surface area contributed by atoms with E-state index in [1.807, 2.05) is 68.4 Å². The highest BCUT2D eigenvalue weighted by Crippen LogP contribution is 2.18. The number of carbonyl (C=O) groups excluding carboxylic acids is 2. The van der Waals surface area contributed by atoms with Crippen LogP contribution in [0.15, 0.2) is 73.1 Å². The molecule has 1 aromatic heterocycles. The smallest absolute Gasteiger partial charge is 0.259 e. The number of para-hydroxylation sites is 2. The Morgan fingerprint density at radius 2 is 1.63 bits per heavy atom. The molecule has 2 amide bonds. The van der Waals surface area contributed by atoms with Gasteiger partial charge in [-0.15, -0.1) is 0 Å². The highest BCUT2D eigenvalue weighted by atomic mass is 16.2. The molecule has 5 nitrogen and oxygen atoms in total. The summed E-state index contributed by atoms with van der Waals surface area (Å²) in [4.78, 5) is 31.2. The molecule has 0 aliphatic heterocycles. The van der Waals surface area contributed by atoms with Crippen LogP contribution >= 0.6 is 0 Å². The maximum absolute atomic E-state index is 12.9. The molecule has 0 saturated carbocycles. The number of rotatable bonds is 5. The molecular formula is C22H21N3O2. The molecule has 0 fully saturated rings. The van der Waals surface area contributed by atoms with Crippen molar-refractivity contribution in [2.24, 2.45) is 0 Å². The molecule has 0 bridgehead atoms. The minimum absolute atomic E-state index is 0.193. The molecule has 27 heavy (non-hydrogen) atoms. The van der Waals surface area contributed by atoms with Crippen molar-refractivity contribution in [2.45, 2.75) is 13.8 Å². The van der Waals surface area contributed by atoms with Crippen LogP contribution in [0, 0.1) is 6.92 Å². The average molecular weight is 359 g/mol. The van der Waals surface area contributed by atoms with E-state index in [0.717, 1.165) is 16.9 Å². The Balaban J connectivity index is 1.83. The van der Waals surface area contributed by atoms with Crippen molar-refractivity contribution in [1.29, 1.82) is 0 Å². The molecule has 5 heteroatoms. The Bertz CT molecular complexity index is 955. The van der Waals surface area contributed by atoms with Gasteiger partial charge in [-0.05, 0) is 43.7 Å². The van der Waals surface area contributed by atoms with E-state index < -0.39 is 0 Å². The third-order valence-electron chi connectivity index (χ3n) is 4.27. The van der Waals surface area contributed by atoms with Gasteiger partial charge in [0.2, 0.25) is 0 Å². The zero-order chi connectivity index (χ0) is 19.2. The fourth-order valence-corrected chi connectivity index (χ4v) is 2.80. The number of hydrogen-bond donors (Lipinski definition) is 1. The fraction of sp³-hybridized carbons (Fsp3) is 0.136. The van der Waals surface area contributed by atoms with Crippen molar-refractivity contribution < 1.29 is 9.59 Å². The number of anilines is 2. The molecule has 1 N–H and O–H groups in total. The van der Waals surface area contributed by atoms with Crippen molar-refractivity contribution in [3.05, 3.63) is 89.7 Å². The van der Waals surface area contributed by atoms with E-state index in [9.17, 15) is 9.59 Å². The fourth-order valence-electron chi connectivity index (χ4n) is 2.80. The van der Waals surface area contributed by atoms with Gasteiger partial charge in [0.15, 0.2) is 0 Å². The molecule has 0 atom stereocenters. The molecule has 2 aromatic carbocycles. The quantitative estimate of drug-likeness (QED) is 0.738. The first-order valence-electron chi connectivity index (χ1n) is 8.79. The second kappa shape index (κ2) is 8.27. The van der Waals surface area contributed by atoms with E-state index in [1.54, 1.807) is 11.0 Å². The first kappa shape index (κ1) is 18.3. The number of benzene rings is 2. The lowest BCUT2D eigenvalue weighted by Gasteiger charge is -2.21. The maximum Gasteiger partial charge on any atom is 0.259 e. The van der Waals surface area contributed by atoms with E-state index in [4.69, 9.17) is 0 Å². The van der Waals surface area contributed by atoms with Gasteiger partial charge in [-0.1, -0.05) is 36.4 Å². The van der Waals surface area contributed by atoms with Crippen LogP contribution in [0.3, 0.4) is 0 Å². The second-order valence-electron chi connectivity index (χ2n) is 6.12. The standard InChI is InChI=1S/C22H21N3O2/c1-3-25(19-10-5-4-6-11-19)22(27)18-13-17(14-23-15-18)21(26)24-20-12-8-7-9-16(20)2/h4-15H,3H2,1-2H3,(H,24,26). The van der Waals surface area contributed by atoms with Crippen molar-refractivity contribution in [3.63, 3.8) is 0 Å². The third-order valence-corrected chi connectivity index (χ3v) is 4.27. The van der Waals surface area contributed by atoms with Crippen molar-refractivity contribution in [2.75, 3.05) is 16.8 Å². The van der Waals surface area contributed by atoms with Gasteiger partial charge in [0.25, 0.3) is 11.8 Å². The molecule has 3 rings (SSSR count). The zero-order valence-electron chi connectivity index (χ0n) is 15.3. The maximum atomic E-state index is 12.9. The summed E-state index contributed by atoms with van der Waals surface area (Å²) >= 11 is 0. The number of nitrogens with zero attached hydrogens (tertiary/aromatic N) is 2. The lowest BCUT2D eigenvalue weighted by atomic mass is 10.1. The Kier molecular flexibility index (Phi) is 5.61. The summed E-state index contributed by atoms with van der Waals surface area (Å²) in [5.74, 6) is -0.490. The van der Waals surface area contributed by atoms with Crippen molar-refractivity contribution in [3.8, 4) is 0 Å². The molecule has 0 unspecified atom stereocenters. The SMILES string of the molecule is CCN(C(=O)c1cncc(C(=O)Nc2ccccc2C)c1)c1ccccc1. The van der Waals surface area contributed by atoms with Gasteiger partial charge >= 0.3 is 0 Å². The monoisotopic (exact) mass is 359 g/mol. The number of hydrogen-bond acceptors (Lipinski definition) is 3. The molecule has 0 saturated heterocycles. The number of pyridine rings is 1. The lowest BCUT2D eigenvalue weighted by molar-refractivity contribution is 0.0988. The Morgan fingerprint density at radius 3 is 2.33 bits per heavy atom. The molecule has 0 aliphatic carbocycles. The van der Waals surface area contributed by atoms with Crippen LogP contribution in [-0.4, -0.2) is 23.3 Å². The van der Waals surface area contributed by atoms with E-state index >= 15 is 0 Å². The summed E-state index contributed by atoms with van der Waals surface area (Å²) in [5, 5.41) is 2.86. The van der Waals surface area contributed by atoms with Crippen LogP contribution < -0.4 is 10.2 Å². The van der Waals surface area contributed by atoms with E-state index in [2.05, 4.69) is 10.3 Å². The normalized spacial score (nSPS) is 10.3. The van der Waals surface area contributed by atoms with Crippen LogP contribution in [0.5, 0.6) is 0 Å². The number of nitrogens with one attached hydrogen (secondary N) is 1. The Hall–Kier alpha value is -3.47. The van der Waals surface area contributed by atoms with E-state index in [0.29, 0.717) is 17.7 Å². The summed E-state index contributed by atoms with van der Waals surface area (Å²) in [6, 6.07) is 18.5. The Labute approximate surface area is 158 Å². The molecular weight excluding hydrogens is 338 g/mol. The minimum Gasteiger partial charge on any atom is -0.322 e. The van der Waals surface area contributed by atoms with Gasteiger partial charge in [0, 0.05) is 30.3 Å². The van der Waals surface area contributed by atoms with E-state index in [1.165, 1.54) is 12.4 Å². The molecule has 1 heterocycles. The van der Waals surface area contributed by atoms with Gasteiger partial charge in [-0.2, -0.15) is 0 Å². The summed E-state index contributed by atoms with van der Waals surface area (Å²) in [5.41, 5.74) is 3.22. The van der Waals surface area contributed by atoms with Crippen LogP contribution in [0.2, 0.25) is 0 Å². The van der Waals surface area contributed by atoms with E-state index in [-0.39, 0.29) is 11.8 Å². The topological polar surface area (TPSA) is 62.3 Å². The summed E-state index contributed by atoms with van der Waals surface area (Å²) < 4.78 is 0. The van der Waals surface area contributed by atoms with Gasteiger partial charge in [0.05, 0.1) is 11.1 Å². The van der Waals surface area contributed by atoms with Gasteiger partial charge in [-0.25, -0.2) is 0 Å². The predicted molar refractivity (Wildman–Crippen MR) is 107 cm³/mol. The molecule has 3 aromatic rings. The average Bonchev–Trinajstić information content (AvgIpc) is 2.71. The Morgan fingerprint density at radius 1 is 0.963 bits per heavy atom. The highest BCUT2D eigenvalue weighted by Gasteiger charge is 2.18. The van der Waals surface area contributed by atoms with Crippen LogP contribution in [-0.2, 0) is 0 Å². The zero-order valence-corrected chi connectivity index (χ0v) is 15.3. The number of carbonyl (C=O) groups is 2. The first-order valence-corrected chi connectivity index (χ1v) is 8.79. The summed E-state index contributed by atoms with van der Waals surface area (Å²) in [7, 11) is 0. The van der Waals surface area contributed by atoms with Gasteiger partial charge in [0.1, 0.15) is 0 Å². The number of aryl methyl sites for hydroxylation is 1. The first-order chi connectivity index (χ1) is 13.1. The van der Waals surface area contributed by atoms with Crippen molar-refractivity contribution in [1.82, 2.24) is 4.98 Å².